The number of hydrogen-bond donors (Lipinski definition) is 0. The molecule has 3 aliphatic rings. The highest BCUT2D eigenvalue weighted by Gasteiger charge is 2.68. The van der Waals surface area contributed by atoms with E-state index in [2.05, 4.69) is 45.0 Å². The third kappa shape index (κ3) is 2.37. The van der Waals surface area contributed by atoms with Gasteiger partial charge in [-0.25, -0.2) is 0 Å². The zero-order chi connectivity index (χ0) is 18.8. The highest BCUT2D eigenvalue weighted by atomic mass is 16.5. The van der Waals surface area contributed by atoms with E-state index in [0.717, 1.165) is 35.5 Å². The minimum atomic E-state index is -0.247. The van der Waals surface area contributed by atoms with Gasteiger partial charge in [0.2, 0.25) is 0 Å². The van der Waals surface area contributed by atoms with Crippen LogP contribution < -0.4 is 9.47 Å². The molecule has 4 atom stereocenters. The molecule has 140 valence electrons. The Labute approximate surface area is 160 Å². The summed E-state index contributed by atoms with van der Waals surface area (Å²) >= 11 is 0. The van der Waals surface area contributed by atoms with Crippen molar-refractivity contribution in [3.8, 4) is 11.5 Å². The van der Waals surface area contributed by atoms with Crippen LogP contribution >= 0.6 is 0 Å². The quantitative estimate of drug-likeness (QED) is 0.753. The number of ether oxygens (including phenoxy) is 2. The van der Waals surface area contributed by atoms with E-state index < -0.39 is 0 Å². The van der Waals surface area contributed by atoms with E-state index in [1.54, 1.807) is 0 Å². The van der Waals surface area contributed by atoms with Gasteiger partial charge in [-0.05, 0) is 55.9 Å². The summed E-state index contributed by atoms with van der Waals surface area (Å²) in [7, 11) is 0. The topological polar surface area (TPSA) is 35.5 Å². The minimum Gasteiger partial charge on any atom is -0.488 e. The Morgan fingerprint density at radius 1 is 1.19 bits per heavy atom. The number of hydrogen-bond acceptors (Lipinski definition) is 3. The van der Waals surface area contributed by atoms with E-state index in [0.29, 0.717) is 24.7 Å². The Balaban J connectivity index is 1.53. The van der Waals surface area contributed by atoms with Crippen LogP contribution in [0.15, 0.2) is 42.5 Å². The Morgan fingerprint density at radius 2 is 1.96 bits per heavy atom. The van der Waals surface area contributed by atoms with Crippen LogP contribution in [0.2, 0.25) is 0 Å². The second-order valence-electron chi connectivity index (χ2n) is 8.99. The van der Waals surface area contributed by atoms with Crippen molar-refractivity contribution < 1.29 is 14.3 Å². The first-order valence-electron chi connectivity index (χ1n) is 9.94. The standard InChI is InChI=1S/C24H26O3/c1-15-11-18(26-14-16-7-5-4-6-8-16)21-17-13-23(2)20(25)9-10-24(3,22(17)23)27-19(21)12-15/h4-8,11-12,17,22H,9-10,13-14H2,1-3H3/t17-,22+,23+,24-/m1/s1. The zero-order valence-corrected chi connectivity index (χ0v) is 16.2. The predicted octanol–water partition coefficient (Wildman–Crippen LogP) is 5.20. The maximum atomic E-state index is 12.6. The van der Waals surface area contributed by atoms with E-state index in [-0.39, 0.29) is 16.9 Å². The van der Waals surface area contributed by atoms with Crippen LogP contribution in [0.1, 0.15) is 55.7 Å². The number of rotatable bonds is 3. The SMILES string of the molecule is Cc1cc(OCc2ccccc2)c2c(c1)O[C@]1(C)CCC(=O)[C@]3(C)C[C@H]2[C@H]13. The lowest BCUT2D eigenvalue weighted by molar-refractivity contribution is -0.180. The number of fused-ring (bicyclic) bond motifs is 2. The van der Waals surface area contributed by atoms with E-state index >= 15 is 0 Å². The predicted molar refractivity (Wildman–Crippen MR) is 104 cm³/mol. The third-order valence-corrected chi connectivity index (χ3v) is 7.08. The van der Waals surface area contributed by atoms with Gasteiger partial charge in [0, 0.05) is 23.3 Å². The van der Waals surface area contributed by atoms with Crippen LogP contribution in [0, 0.1) is 18.3 Å². The highest BCUT2D eigenvalue weighted by Crippen LogP contribution is 2.69. The normalized spacial score (nSPS) is 33.4. The van der Waals surface area contributed by atoms with E-state index in [4.69, 9.17) is 9.47 Å². The number of benzene rings is 2. The van der Waals surface area contributed by atoms with Crippen molar-refractivity contribution in [2.24, 2.45) is 11.3 Å². The summed E-state index contributed by atoms with van der Waals surface area (Å²) in [6.07, 6.45) is 2.36. The second-order valence-corrected chi connectivity index (χ2v) is 8.99. The molecule has 3 nitrogen and oxygen atoms in total. The van der Waals surface area contributed by atoms with Gasteiger partial charge in [-0.2, -0.15) is 0 Å². The van der Waals surface area contributed by atoms with Crippen molar-refractivity contribution in [1.29, 1.82) is 0 Å². The molecule has 0 bridgehead atoms. The number of carbonyl (C=O) groups excluding carboxylic acids is 1. The number of ketones is 1. The molecular formula is C24H26O3. The lowest BCUT2D eigenvalue weighted by atomic mass is 9.42. The van der Waals surface area contributed by atoms with Crippen LogP contribution in [0.25, 0.3) is 0 Å². The first kappa shape index (κ1) is 16.9. The summed E-state index contributed by atoms with van der Waals surface area (Å²) < 4.78 is 12.9. The van der Waals surface area contributed by atoms with Crippen LogP contribution in [-0.4, -0.2) is 11.4 Å². The van der Waals surface area contributed by atoms with Crippen LogP contribution in [-0.2, 0) is 11.4 Å². The molecule has 0 N–H and O–H groups in total. The molecule has 2 aromatic rings. The highest BCUT2D eigenvalue weighted by molar-refractivity contribution is 5.88. The molecular weight excluding hydrogens is 336 g/mol. The van der Waals surface area contributed by atoms with Crippen molar-refractivity contribution in [2.75, 3.05) is 0 Å². The first-order valence-corrected chi connectivity index (χ1v) is 9.94. The molecule has 1 aliphatic heterocycles. The van der Waals surface area contributed by atoms with Gasteiger partial charge in [-0.3, -0.25) is 4.79 Å². The molecule has 0 amide bonds. The van der Waals surface area contributed by atoms with E-state index in [1.165, 1.54) is 5.56 Å². The Morgan fingerprint density at radius 3 is 2.74 bits per heavy atom. The van der Waals surface area contributed by atoms with Gasteiger partial charge < -0.3 is 9.47 Å². The summed E-state index contributed by atoms with van der Waals surface area (Å²) in [4.78, 5) is 12.6. The lowest BCUT2D eigenvalue weighted by Gasteiger charge is -2.64. The maximum absolute atomic E-state index is 12.6. The molecule has 1 heterocycles. The summed E-state index contributed by atoms with van der Waals surface area (Å²) in [5, 5.41) is 0. The number of Topliss-reactive ketones (excluding diaryl/α,β-unsaturated/α-hetero) is 1. The fraction of sp³-hybridized carbons (Fsp3) is 0.458. The van der Waals surface area contributed by atoms with E-state index in [9.17, 15) is 4.79 Å². The lowest BCUT2D eigenvalue weighted by Crippen LogP contribution is -2.66. The maximum Gasteiger partial charge on any atom is 0.139 e. The fourth-order valence-electron chi connectivity index (χ4n) is 5.85. The van der Waals surface area contributed by atoms with Crippen molar-refractivity contribution in [3.63, 3.8) is 0 Å². The molecule has 2 aliphatic carbocycles. The Kier molecular flexibility index (Phi) is 3.50. The molecule has 0 unspecified atom stereocenters. The summed E-state index contributed by atoms with van der Waals surface area (Å²) in [5.74, 6) is 2.88. The van der Waals surface area contributed by atoms with E-state index in [1.807, 2.05) is 18.2 Å². The van der Waals surface area contributed by atoms with Crippen LogP contribution in [0.5, 0.6) is 11.5 Å². The smallest absolute Gasteiger partial charge is 0.139 e. The Bertz CT molecular complexity index is 919. The minimum absolute atomic E-state index is 0.239. The molecule has 3 heteroatoms. The summed E-state index contributed by atoms with van der Waals surface area (Å²) in [5.41, 5.74) is 2.99. The molecule has 0 saturated heterocycles. The van der Waals surface area contributed by atoms with Gasteiger partial charge in [0.15, 0.2) is 0 Å². The Hall–Kier alpha value is -2.29. The van der Waals surface area contributed by atoms with Gasteiger partial charge in [0.05, 0.1) is 0 Å². The molecule has 2 aromatic carbocycles. The van der Waals surface area contributed by atoms with Gasteiger partial charge in [-0.1, -0.05) is 37.3 Å². The van der Waals surface area contributed by atoms with Crippen molar-refractivity contribution >= 4 is 5.78 Å². The van der Waals surface area contributed by atoms with Crippen molar-refractivity contribution in [2.45, 2.75) is 58.2 Å². The molecule has 0 radical (unpaired) electrons. The van der Waals surface area contributed by atoms with Crippen molar-refractivity contribution in [3.05, 3.63) is 59.2 Å². The molecule has 27 heavy (non-hydrogen) atoms. The molecule has 5 rings (SSSR count). The number of aryl methyl sites for hydroxylation is 1. The fourth-order valence-corrected chi connectivity index (χ4v) is 5.85. The second kappa shape index (κ2) is 5.60. The van der Waals surface area contributed by atoms with Crippen LogP contribution in [0.4, 0.5) is 0 Å². The summed E-state index contributed by atoms with van der Waals surface area (Å²) in [6.45, 7) is 6.97. The monoisotopic (exact) mass is 362 g/mol. The number of carbonyl (C=O) groups is 1. The van der Waals surface area contributed by atoms with Gasteiger partial charge in [0.25, 0.3) is 0 Å². The van der Waals surface area contributed by atoms with Gasteiger partial charge >= 0.3 is 0 Å². The van der Waals surface area contributed by atoms with Gasteiger partial charge in [0.1, 0.15) is 29.5 Å². The third-order valence-electron chi connectivity index (χ3n) is 7.08. The molecule has 0 aromatic heterocycles. The molecule has 2 fully saturated rings. The summed E-state index contributed by atoms with van der Waals surface area (Å²) in [6, 6.07) is 14.5. The zero-order valence-electron chi connectivity index (χ0n) is 16.2. The molecule has 2 saturated carbocycles. The van der Waals surface area contributed by atoms with Crippen molar-refractivity contribution in [1.82, 2.24) is 0 Å². The van der Waals surface area contributed by atoms with Crippen LogP contribution in [0.3, 0.4) is 0 Å². The molecule has 0 spiro atoms. The largest absolute Gasteiger partial charge is 0.488 e. The first-order chi connectivity index (χ1) is 12.9. The van der Waals surface area contributed by atoms with Gasteiger partial charge in [-0.15, -0.1) is 0 Å². The average Bonchev–Trinajstić information content (AvgIpc) is 2.62. The average molecular weight is 362 g/mol.